The molecule has 1 aliphatic heterocycles. The van der Waals surface area contributed by atoms with Gasteiger partial charge >= 0.3 is 0 Å². The zero-order chi connectivity index (χ0) is 22.5. The number of amides is 2. The zero-order valence-corrected chi connectivity index (χ0v) is 19.5. The molecule has 2 aromatic rings. The van der Waals surface area contributed by atoms with Crippen LogP contribution in [-0.2, 0) is 11.2 Å². The average molecular weight is 443 g/mol. The van der Waals surface area contributed by atoms with Crippen molar-refractivity contribution in [1.29, 1.82) is 0 Å². The van der Waals surface area contributed by atoms with Gasteiger partial charge in [-0.05, 0) is 73.8 Å². The summed E-state index contributed by atoms with van der Waals surface area (Å²) in [5.74, 6) is 0.723. The summed E-state index contributed by atoms with van der Waals surface area (Å²) in [6, 6.07) is 10.6. The topological polar surface area (TPSA) is 49.4 Å². The molecule has 1 N–H and O–H groups in total. The Morgan fingerprint density at radius 2 is 1.90 bits per heavy atom. The molecule has 1 aliphatic rings. The van der Waals surface area contributed by atoms with Crippen LogP contribution in [0.4, 0.5) is 10.1 Å². The summed E-state index contributed by atoms with van der Waals surface area (Å²) in [6.07, 6.45) is 3.36. The van der Waals surface area contributed by atoms with Crippen LogP contribution >= 0.6 is 11.8 Å². The Bertz CT molecular complexity index is 939. The highest BCUT2D eigenvalue weighted by molar-refractivity contribution is 7.98. The number of benzene rings is 2. The third-order valence-electron chi connectivity index (χ3n) is 5.90. The van der Waals surface area contributed by atoms with E-state index in [4.69, 9.17) is 0 Å². The Hall–Kier alpha value is -2.34. The van der Waals surface area contributed by atoms with Crippen LogP contribution in [0.25, 0.3) is 0 Å². The number of aryl methyl sites for hydroxylation is 2. The Labute approximate surface area is 188 Å². The molecule has 6 heteroatoms. The SMILES string of the molecule is CSCCNC(=O)c1cc(C)c(N2C[C@@H](Cc3ccccc3F)C[C@@H](C)C2=O)c(C)c1. The lowest BCUT2D eigenvalue weighted by atomic mass is 9.84. The molecule has 2 atom stereocenters. The van der Waals surface area contributed by atoms with Gasteiger partial charge in [-0.3, -0.25) is 9.59 Å². The van der Waals surface area contributed by atoms with Crippen molar-refractivity contribution < 1.29 is 14.0 Å². The van der Waals surface area contributed by atoms with Crippen LogP contribution in [0.15, 0.2) is 36.4 Å². The summed E-state index contributed by atoms with van der Waals surface area (Å²) in [5, 5.41) is 2.93. The normalized spacial score (nSPS) is 18.9. The van der Waals surface area contributed by atoms with Crippen molar-refractivity contribution in [3.63, 3.8) is 0 Å². The van der Waals surface area contributed by atoms with E-state index >= 15 is 0 Å². The average Bonchev–Trinajstić information content (AvgIpc) is 2.72. The molecule has 1 saturated heterocycles. The first-order valence-electron chi connectivity index (χ1n) is 10.7. The minimum Gasteiger partial charge on any atom is -0.351 e. The number of hydrogen-bond donors (Lipinski definition) is 1. The number of carbonyl (C=O) groups is 2. The highest BCUT2D eigenvalue weighted by atomic mass is 32.2. The number of halogens is 1. The number of anilines is 1. The molecule has 3 rings (SSSR count). The van der Waals surface area contributed by atoms with Crippen LogP contribution in [0.2, 0.25) is 0 Å². The van der Waals surface area contributed by atoms with Gasteiger partial charge in [0.25, 0.3) is 5.91 Å². The predicted molar refractivity (Wildman–Crippen MR) is 126 cm³/mol. The quantitative estimate of drug-likeness (QED) is 0.629. The second-order valence-corrected chi connectivity index (χ2v) is 9.44. The smallest absolute Gasteiger partial charge is 0.251 e. The number of nitrogens with zero attached hydrogens (tertiary/aromatic N) is 1. The van der Waals surface area contributed by atoms with E-state index in [1.807, 2.05) is 56.2 Å². The highest BCUT2D eigenvalue weighted by Crippen LogP contribution is 2.34. The first-order chi connectivity index (χ1) is 14.8. The summed E-state index contributed by atoms with van der Waals surface area (Å²) in [7, 11) is 0. The number of piperidine rings is 1. The van der Waals surface area contributed by atoms with E-state index in [-0.39, 0.29) is 29.5 Å². The summed E-state index contributed by atoms with van der Waals surface area (Å²) < 4.78 is 14.2. The van der Waals surface area contributed by atoms with Gasteiger partial charge in [-0.25, -0.2) is 4.39 Å². The third kappa shape index (κ3) is 5.48. The minimum absolute atomic E-state index is 0.0909. The van der Waals surface area contributed by atoms with E-state index in [0.29, 0.717) is 30.6 Å². The number of rotatable bonds is 7. The minimum atomic E-state index is -0.192. The molecule has 2 aromatic carbocycles. The Balaban J connectivity index is 1.83. The van der Waals surface area contributed by atoms with E-state index in [1.54, 1.807) is 17.8 Å². The monoisotopic (exact) mass is 442 g/mol. The molecule has 166 valence electrons. The van der Waals surface area contributed by atoms with Crippen molar-refractivity contribution >= 4 is 29.3 Å². The van der Waals surface area contributed by atoms with Gasteiger partial charge in [0.2, 0.25) is 5.91 Å². The van der Waals surface area contributed by atoms with Gasteiger partial charge < -0.3 is 10.2 Å². The standard InChI is InChI=1S/C25H31FN2O2S/c1-16-12-21(24(29)27-9-10-31-4)13-17(2)23(16)28-15-19(11-18(3)25(28)30)14-20-7-5-6-8-22(20)26/h5-8,12-13,18-19H,9-11,14-15H2,1-4H3,(H,27,29)/t18-,19-/m1/s1. The summed E-state index contributed by atoms with van der Waals surface area (Å²) in [5.41, 5.74) is 3.99. The van der Waals surface area contributed by atoms with E-state index in [1.165, 1.54) is 6.07 Å². The fourth-order valence-electron chi connectivity index (χ4n) is 4.50. The number of carbonyl (C=O) groups excluding carboxylic acids is 2. The van der Waals surface area contributed by atoms with E-state index in [0.717, 1.165) is 29.0 Å². The fraction of sp³-hybridized carbons (Fsp3) is 0.440. The van der Waals surface area contributed by atoms with Crippen LogP contribution in [0.5, 0.6) is 0 Å². The van der Waals surface area contributed by atoms with E-state index < -0.39 is 0 Å². The number of nitrogens with one attached hydrogen (secondary N) is 1. The van der Waals surface area contributed by atoms with Gasteiger partial charge in [-0.15, -0.1) is 0 Å². The molecular weight excluding hydrogens is 411 g/mol. The molecule has 0 unspecified atom stereocenters. The molecule has 0 bridgehead atoms. The Morgan fingerprint density at radius 3 is 2.55 bits per heavy atom. The highest BCUT2D eigenvalue weighted by Gasteiger charge is 2.34. The molecule has 4 nitrogen and oxygen atoms in total. The van der Waals surface area contributed by atoms with Crippen LogP contribution in [0.3, 0.4) is 0 Å². The Morgan fingerprint density at radius 1 is 1.23 bits per heavy atom. The van der Waals surface area contributed by atoms with Crippen LogP contribution in [-0.4, -0.2) is 36.9 Å². The zero-order valence-electron chi connectivity index (χ0n) is 18.7. The lowest BCUT2D eigenvalue weighted by molar-refractivity contribution is -0.124. The van der Waals surface area contributed by atoms with Gasteiger partial charge in [0.05, 0.1) is 0 Å². The lowest BCUT2D eigenvalue weighted by Crippen LogP contribution is -2.46. The molecule has 0 radical (unpaired) electrons. The van der Waals surface area contributed by atoms with Crippen molar-refractivity contribution in [3.05, 3.63) is 64.5 Å². The second kappa shape index (κ2) is 10.3. The van der Waals surface area contributed by atoms with Gasteiger partial charge in [0, 0.05) is 36.0 Å². The van der Waals surface area contributed by atoms with Gasteiger partial charge in [0.1, 0.15) is 5.82 Å². The molecule has 0 aromatic heterocycles. The molecule has 0 saturated carbocycles. The maximum absolute atomic E-state index is 14.2. The number of thioether (sulfide) groups is 1. The van der Waals surface area contributed by atoms with Crippen LogP contribution < -0.4 is 10.2 Å². The Kier molecular flexibility index (Phi) is 7.76. The third-order valence-corrected chi connectivity index (χ3v) is 6.51. The molecular formula is C25H31FN2O2S. The maximum Gasteiger partial charge on any atom is 0.251 e. The molecule has 2 amide bonds. The summed E-state index contributed by atoms with van der Waals surface area (Å²) in [4.78, 5) is 27.4. The summed E-state index contributed by atoms with van der Waals surface area (Å²) >= 11 is 1.69. The van der Waals surface area contributed by atoms with E-state index in [9.17, 15) is 14.0 Å². The second-order valence-electron chi connectivity index (χ2n) is 8.45. The molecule has 0 spiro atoms. The number of hydrogen-bond acceptors (Lipinski definition) is 3. The largest absolute Gasteiger partial charge is 0.351 e. The van der Waals surface area contributed by atoms with Crippen molar-refractivity contribution in [2.75, 3.05) is 30.0 Å². The molecule has 1 heterocycles. The van der Waals surface area contributed by atoms with Gasteiger partial charge in [-0.2, -0.15) is 11.8 Å². The molecule has 31 heavy (non-hydrogen) atoms. The van der Waals surface area contributed by atoms with Gasteiger partial charge in [-0.1, -0.05) is 25.1 Å². The fourth-order valence-corrected chi connectivity index (χ4v) is 4.80. The first-order valence-corrected chi connectivity index (χ1v) is 12.1. The van der Waals surface area contributed by atoms with Crippen LogP contribution in [0, 0.1) is 31.5 Å². The predicted octanol–water partition coefficient (Wildman–Crippen LogP) is 4.77. The van der Waals surface area contributed by atoms with Crippen LogP contribution in [0.1, 0.15) is 40.4 Å². The molecule has 0 aliphatic carbocycles. The lowest BCUT2D eigenvalue weighted by Gasteiger charge is -2.38. The first kappa shape index (κ1) is 23.3. The maximum atomic E-state index is 14.2. The van der Waals surface area contributed by atoms with Crippen molar-refractivity contribution in [2.45, 2.75) is 33.6 Å². The van der Waals surface area contributed by atoms with Crippen molar-refractivity contribution in [1.82, 2.24) is 5.32 Å². The van der Waals surface area contributed by atoms with Crippen molar-refractivity contribution in [2.24, 2.45) is 11.8 Å². The van der Waals surface area contributed by atoms with Crippen molar-refractivity contribution in [3.8, 4) is 0 Å². The molecule has 1 fully saturated rings. The van der Waals surface area contributed by atoms with Gasteiger partial charge in [0.15, 0.2) is 0 Å². The van der Waals surface area contributed by atoms with E-state index in [2.05, 4.69) is 5.32 Å². The summed E-state index contributed by atoms with van der Waals surface area (Å²) in [6.45, 7) is 7.01.